The van der Waals surface area contributed by atoms with Gasteiger partial charge in [-0.05, 0) is 36.5 Å². The molecule has 1 aromatic carbocycles. The van der Waals surface area contributed by atoms with Crippen molar-refractivity contribution in [3.63, 3.8) is 0 Å². The molecule has 0 saturated carbocycles. The Labute approximate surface area is 124 Å². The Morgan fingerprint density at radius 2 is 2.05 bits per heavy atom. The molecule has 0 unspecified atom stereocenters. The van der Waals surface area contributed by atoms with Crippen LogP contribution in [0, 0.1) is 0 Å². The van der Waals surface area contributed by atoms with Gasteiger partial charge in [-0.25, -0.2) is 0 Å². The van der Waals surface area contributed by atoms with Gasteiger partial charge in [0, 0.05) is 31.7 Å². The third kappa shape index (κ3) is 2.31. The molecule has 5 nitrogen and oxygen atoms in total. The molecule has 0 amide bonds. The summed E-state index contributed by atoms with van der Waals surface area (Å²) >= 11 is 0. The van der Waals surface area contributed by atoms with Crippen LogP contribution in [-0.2, 0) is 32.5 Å². The summed E-state index contributed by atoms with van der Waals surface area (Å²) < 4.78 is 2.31. The molecular formula is C16H21N5. The Morgan fingerprint density at radius 1 is 1.10 bits per heavy atom. The number of nitrogens with zero attached hydrogens (tertiary/aromatic N) is 4. The van der Waals surface area contributed by atoms with E-state index < -0.39 is 0 Å². The molecule has 0 aliphatic carbocycles. The highest BCUT2D eigenvalue weighted by atomic mass is 15.3. The first-order valence-corrected chi connectivity index (χ1v) is 7.81. The average Bonchev–Trinajstić information content (AvgIpc) is 2.92. The Hall–Kier alpha value is -1.88. The molecular weight excluding hydrogens is 262 g/mol. The molecule has 0 fully saturated rings. The lowest BCUT2D eigenvalue weighted by atomic mass is 9.98. The van der Waals surface area contributed by atoms with Crippen LogP contribution in [0.15, 0.2) is 18.2 Å². The third-order valence-corrected chi connectivity index (χ3v) is 4.69. The first-order chi connectivity index (χ1) is 10.3. The van der Waals surface area contributed by atoms with Crippen molar-refractivity contribution in [2.75, 3.05) is 12.3 Å². The Morgan fingerprint density at radius 3 is 3.00 bits per heavy atom. The predicted molar refractivity (Wildman–Crippen MR) is 81.6 cm³/mol. The molecule has 4 rings (SSSR count). The Kier molecular flexibility index (Phi) is 3.15. The molecule has 110 valence electrons. The van der Waals surface area contributed by atoms with Crippen molar-refractivity contribution >= 4 is 5.69 Å². The fourth-order valence-electron chi connectivity index (χ4n) is 3.48. The molecule has 0 radical (unpaired) electrons. The Bertz CT molecular complexity index is 661. The average molecular weight is 283 g/mol. The van der Waals surface area contributed by atoms with Gasteiger partial charge in [-0.2, -0.15) is 0 Å². The van der Waals surface area contributed by atoms with E-state index in [9.17, 15) is 0 Å². The second-order valence-corrected chi connectivity index (χ2v) is 6.09. The van der Waals surface area contributed by atoms with Gasteiger partial charge in [0.05, 0.1) is 6.54 Å². The van der Waals surface area contributed by atoms with Gasteiger partial charge in [-0.3, -0.25) is 4.90 Å². The van der Waals surface area contributed by atoms with E-state index in [-0.39, 0.29) is 0 Å². The quantitative estimate of drug-likeness (QED) is 0.853. The normalized spacial score (nSPS) is 18.3. The van der Waals surface area contributed by atoms with Crippen LogP contribution in [0.3, 0.4) is 0 Å². The molecule has 0 atom stereocenters. The third-order valence-electron chi connectivity index (χ3n) is 4.69. The number of fused-ring (bicyclic) bond motifs is 2. The minimum atomic E-state index is 0.876. The number of hydrogen-bond donors (Lipinski definition) is 1. The van der Waals surface area contributed by atoms with E-state index in [1.807, 2.05) is 6.07 Å². The summed E-state index contributed by atoms with van der Waals surface area (Å²) in [7, 11) is 0. The lowest BCUT2D eigenvalue weighted by Crippen LogP contribution is -2.32. The van der Waals surface area contributed by atoms with Gasteiger partial charge in [0.2, 0.25) is 0 Å². The molecule has 0 spiro atoms. The van der Waals surface area contributed by atoms with E-state index in [2.05, 4.69) is 31.8 Å². The fraction of sp³-hybridized carbons (Fsp3) is 0.500. The number of benzene rings is 1. The van der Waals surface area contributed by atoms with Crippen LogP contribution in [0.4, 0.5) is 5.69 Å². The molecule has 0 bridgehead atoms. The molecule has 2 N–H and O–H groups in total. The topological polar surface area (TPSA) is 60.0 Å². The maximum atomic E-state index is 6.13. The van der Waals surface area contributed by atoms with Crippen LogP contribution in [-0.4, -0.2) is 26.2 Å². The minimum absolute atomic E-state index is 0.876. The molecule has 5 heteroatoms. The van der Waals surface area contributed by atoms with Gasteiger partial charge in [-0.1, -0.05) is 12.1 Å². The SMILES string of the molecule is Nc1cccc2c1CN(Cc1nnc3n1CCCC3)CC2. The molecule has 1 aromatic heterocycles. The zero-order chi connectivity index (χ0) is 14.2. The summed E-state index contributed by atoms with van der Waals surface area (Å²) in [4.78, 5) is 2.44. The number of hydrogen-bond acceptors (Lipinski definition) is 4. The van der Waals surface area contributed by atoms with Crippen molar-refractivity contribution in [3.8, 4) is 0 Å². The number of rotatable bonds is 2. The highest BCUT2D eigenvalue weighted by Gasteiger charge is 2.22. The minimum Gasteiger partial charge on any atom is -0.398 e. The number of nitrogen functional groups attached to an aromatic ring is 1. The van der Waals surface area contributed by atoms with Crippen LogP contribution in [0.2, 0.25) is 0 Å². The van der Waals surface area contributed by atoms with Gasteiger partial charge in [0.1, 0.15) is 11.6 Å². The second-order valence-electron chi connectivity index (χ2n) is 6.09. The number of anilines is 1. The Balaban J connectivity index is 1.54. The monoisotopic (exact) mass is 283 g/mol. The smallest absolute Gasteiger partial charge is 0.147 e. The van der Waals surface area contributed by atoms with Crippen molar-refractivity contribution < 1.29 is 0 Å². The molecule has 2 aliphatic rings. The lowest BCUT2D eigenvalue weighted by Gasteiger charge is -2.29. The van der Waals surface area contributed by atoms with Crippen LogP contribution in [0.5, 0.6) is 0 Å². The summed E-state index contributed by atoms with van der Waals surface area (Å²) in [5.41, 5.74) is 9.74. The van der Waals surface area contributed by atoms with Gasteiger partial charge < -0.3 is 10.3 Å². The summed E-state index contributed by atoms with van der Waals surface area (Å²) in [6.07, 6.45) is 4.63. The number of aryl methyl sites for hydroxylation is 1. The predicted octanol–water partition coefficient (Wildman–Crippen LogP) is 1.75. The highest BCUT2D eigenvalue weighted by molar-refractivity contribution is 5.51. The van der Waals surface area contributed by atoms with E-state index >= 15 is 0 Å². The molecule has 3 heterocycles. The molecule has 21 heavy (non-hydrogen) atoms. The second kappa shape index (κ2) is 5.15. The fourth-order valence-corrected chi connectivity index (χ4v) is 3.48. The number of aromatic nitrogens is 3. The first kappa shape index (κ1) is 12.8. The van der Waals surface area contributed by atoms with Gasteiger partial charge >= 0.3 is 0 Å². The largest absolute Gasteiger partial charge is 0.398 e. The van der Waals surface area contributed by atoms with E-state index in [4.69, 9.17) is 5.73 Å². The maximum absolute atomic E-state index is 6.13. The summed E-state index contributed by atoms with van der Waals surface area (Å²) in [6, 6.07) is 6.25. The molecule has 2 aliphatic heterocycles. The van der Waals surface area contributed by atoms with E-state index in [0.717, 1.165) is 56.4 Å². The zero-order valence-corrected chi connectivity index (χ0v) is 12.3. The van der Waals surface area contributed by atoms with Crippen LogP contribution < -0.4 is 5.73 Å². The van der Waals surface area contributed by atoms with Crippen LogP contribution in [0.25, 0.3) is 0 Å². The molecule has 0 saturated heterocycles. The van der Waals surface area contributed by atoms with Crippen LogP contribution in [0.1, 0.15) is 35.6 Å². The van der Waals surface area contributed by atoms with Crippen molar-refractivity contribution in [1.82, 2.24) is 19.7 Å². The van der Waals surface area contributed by atoms with Gasteiger partial charge in [0.25, 0.3) is 0 Å². The van der Waals surface area contributed by atoms with E-state index in [0.29, 0.717) is 0 Å². The standard InChI is InChI=1S/C16H21N5/c17-14-5-3-4-12-7-9-20(10-13(12)14)11-16-19-18-15-6-1-2-8-21(15)16/h3-5H,1-2,6-11,17H2. The maximum Gasteiger partial charge on any atom is 0.147 e. The summed E-state index contributed by atoms with van der Waals surface area (Å²) in [5, 5.41) is 8.76. The van der Waals surface area contributed by atoms with Crippen molar-refractivity contribution in [2.45, 2.75) is 45.3 Å². The van der Waals surface area contributed by atoms with Crippen LogP contribution >= 0.6 is 0 Å². The summed E-state index contributed by atoms with van der Waals surface area (Å²) in [5.74, 6) is 2.27. The van der Waals surface area contributed by atoms with Gasteiger partial charge in [-0.15, -0.1) is 10.2 Å². The van der Waals surface area contributed by atoms with Crippen molar-refractivity contribution in [3.05, 3.63) is 41.0 Å². The van der Waals surface area contributed by atoms with E-state index in [1.165, 1.54) is 24.0 Å². The molecule has 2 aromatic rings. The van der Waals surface area contributed by atoms with Crippen molar-refractivity contribution in [1.29, 1.82) is 0 Å². The number of nitrogens with two attached hydrogens (primary N) is 1. The first-order valence-electron chi connectivity index (χ1n) is 7.81. The van der Waals surface area contributed by atoms with Gasteiger partial charge in [0.15, 0.2) is 0 Å². The lowest BCUT2D eigenvalue weighted by molar-refractivity contribution is 0.235. The summed E-state index contributed by atoms with van der Waals surface area (Å²) in [6.45, 7) is 3.94. The zero-order valence-electron chi connectivity index (χ0n) is 12.3. The highest BCUT2D eigenvalue weighted by Crippen LogP contribution is 2.25. The van der Waals surface area contributed by atoms with Crippen molar-refractivity contribution in [2.24, 2.45) is 0 Å². The van der Waals surface area contributed by atoms with E-state index in [1.54, 1.807) is 0 Å².